The maximum atomic E-state index is 5.50. The van der Waals surface area contributed by atoms with Crippen molar-refractivity contribution in [3.05, 3.63) is 4.77 Å². The van der Waals surface area contributed by atoms with Crippen molar-refractivity contribution in [1.82, 2.24) is 14.8 Å². The first-order chi connectivity index (χ1) is 9.81. The summed E-state index contributed by atoms with van der Waals surface area (Å²) in [5.41, 5.74) is 0. The molecule has 1 aromatic heterocycles. The summed E-state index contributed by atoms with van der Waals surface area (Å²) in [6.45, 7) is 3.41. The van der Waals surface area contributed by atoms with Gasteiger partial charge in [0.1, 0.15) is 0 Å². The van der Waals surface area contributed by atoms with Gasteiger partial charge in [0.15, 0.2) is 4.77 Å². The molecule has 2 fully saturated rings. The molecule has 20 heavy (non-hydrogen) atoms. The highest BCUT2D eigenvalue weighted by molar-refractivity contribution is 7.71. The van der Waals surface area contributed by atoms with Crippen LogP contribution in [-0.4, -0.2) is 27.4 Å². The SMILES string of the molecule is CCCC1CCCCN1c1n[nH]c(=S)n1C1CCCC1. The van der Waals surface area contributed by atoms with Gasteiger partial charge in [0, 0.05) is 18.6 Å². The molecule has 3 rings (SSSR count). The molecule has 2 aliphatic rings. The summed E-state index contributed by atoms with van der Waals surface area (Å²) in [6.07, 6.45) is 11.6. The van der Waals surface area contributed by atoms with Crippen molar-refractivity contribution in [3.8, 4) is 0 Å². The fourth-order valence-electron chi connectivity index (χ4n) is 3.89. The molecule has 0 amide bonds. The van der Waals surface area contributed by atoms with Crippen LogP contribution in [0.5, 0.6) is 0 Å². The minimum atomic E-state index is 0.570. The smallest absolute Gasteiger partial charge is 0.226 e. The Balaban J connectivity index is 1.90. The van der Waals surface area contributed by atoms with Gasteiger partial charge in [-0.3, -0.25) is 4.57 Å². The van der Waals surface area contributed by atoms with Crippen molar-refractivity contribution in [1.29, 1.82) is 0 Å². The van der Waals surface area contributed by atoms with Crippen LogP contribution >= 0.6 is 12.2 Å². The second-order valence-electron chi connectivity index (χ2n) is 6.27. The Hall–Kier alpha value is -0.840. The quantitative estimate of drug-likeness (QED) is 0.845. The summed E-state index contributed by atoms with van der Waals surface area (Å²) < 4.78 is 3.13. The third-order valence-electron chi connectivity index (χ3n) is 4.88. The maximum absolute atomic E-state index is 5.50. The summed E-state index contributed by atoms with van der Waals surface area (Å²) in [7, 11) is 0. The highest BCUT2D eigenvalue weighted by Crippen LogP contribution is 2.34. The lowest BCUT2D eigenvalue weighted by Crippen LogP contribution is -2.41. The first-order valence-corrected chi connectivity index (χ1v) is 8.65. The second-order valence-corrected chi connectivity index (χ2v) is 6.66. The van der Waals surface area contributed by atoms with Gasteiger partial charge < -0.3 is 4.90 Å². The normalized spacial score (nSPS) is 24.4. The van der Waals surface area contributed by atoms with E-state index in [1.807, 2.05) is 0 Å². The Bertz CT molecular complexity index is 484. The number of H-pyrrole nitrogens is 1. The Morgan fingerprint density at radius 1 is 1.20 bits per heavy atom. The van der Waals surface area contributed by atoms with Crippen molar-refractivity contribution < 1.29 is 0 Å². The molecule has 5 heteroatoms. The number of nitrogens with one attached hydrogen (secondary N) is 1. The number of rotatable bonds is 4. The number of hydrogen-bond donors (Lipinski definition) is 1. The van der Waals surface area contributed by atoms with Gasteiger partial charge in [-0.1, -0.05) is 26.2 Å². The average Bonchev–Trinajstić information content (AvgIpc) is 3.09. The van der Waals surface area contributed by atoms with Crippen LogP contribution < -0.4 is 4.90 Å². The van der Waals surface area contributed by atoms with Crippen molar-refractivity contribution in [3.63, 3.8) is 0 Å². The van der Waals surface area contributed by atoms with Crippen LogP contribution in [0.25, 0.3) is 0 Å². The summed E-state index contributed by atoms with van der Waals surface area (Å²) >= 11 is 5.50. The van der Waals surface area contributed by atoms with Gasteiger partial charge in [0.2, 0.25) is 5.95 Å². The molecule has 0 aromatic carbocycles. The zero-order valence-corrected chi connectivity index (χ0v) is 13.3. The van der Waals surface area contributed by atoms with Crippen LogP contribution in [0, 0.1) is 4.77 Å². The van der Waals surface area contributed by atoms with Crippen LogP contribution in [0.1, 0.15) is 70.8 Å². The molecule has 0 bridgehead atoms. The van der Waals surface area contributed by atoms with Crippen LogP contribution in [-0.2, 0) is 0 Å². The van der Waals surface area contributed by atoms with Gasteiger partial charge in [-0.2, -0.15) is 0 Å². The Labute approximate surface area is 126 Å². The van der Waals surface area contributed by atoms with E-state index in [4.69, 9.17) is 12.2 Å². The average molecular weight is 294 g/mol. The van der Waals surface area contributed by atoms with Gasteiger partial charge in [0.25, 0.3) is 0 Å². The lowest BCUT2D eigenvalue weighted by Gasteiger charge is -2.37. The molecule has 1 unspecified atom stereocenters. The molecule has 0 spiro atoms. The van der Waals surface area contributed by atoms with Gasteiger partial charge >= 0.3 is 0 Å². The lowest BCUT2D eigenvalue weighted by molar-refractivity contribution is 0.412. The van der Waals surface area contributed by atoms with E-state index in [0.717, 1.165) is 17.3 Å². The van der Waals surface area contributed by atoms with E-state index >= 15 is 0 Å². The highest BCUT2D eigenvalue weighted by atomic mass is 32.1. The summed E-state index contributed by atoms with van der Waals surface area (Å²) in [4.78, 5) is 2.53. The predicted molar refractivity (Wildman–Crippen MR) is 84.8 cm³/mol. The summed E-state index contributed by atoms with van der Waals surface area (Å²) in [6, 6.07) is 1.22. The first kappa shape index (κ1) is 14.1. The fraction of sp³-hybridized carbons (Fsp3) is 0.867. The third kappa shape index (κ3) is 2.65. The van der Waals surface area contributed by atoms with Gasteiger partial charge in [-0.25, -0.2) is 5.10 Å². The molecular weight excluding hydrogens is 268 g/mol. The molecule has 2 heterocycles. The molecule has 1 aliphatic heterocycles. The number of nitrogens with zero attached hydrogens (tertiary/aromatic N) is 3. The molecule has 1 atom stereocenters. The molecule has 1 aromatic rings. The molecule has 0 radical (unpaired) electrons. The molecular formula is C15H26N4S. The summed E-state index contributed by atoms with van der Waals surface area (Å²) in [5, 5.41) is 7.64. The van der Waals surface area contributed by atoms with E-state index < -0.39 is 0 Å². The number of hydrogen-bond acceptors (Lipinski definition) is 3. The molecule has 4 nitrogen and oxygen atoms in total. The topological polar surface area (TPSA) is 36.9 Å². The van der Waals surface area contributed by atoms with Crippen molar-refractivity contribution in [2.45, 2.75) is 76.8 Å². The minimum absolute atomic E-state index is 0.570. The van der Waals surface area contributed by atoms with Crippen LogP contribution in [0.4, 0.5) is 5.95 Å². The first-order valence-electron chi connectivity index (χ1n) is 8.24. The van der Waals surface area contributed by atoms with Gasteiger partial charge in [-0.15, -0.1) is 5.10 Å². The van der Waals surface area contributed by atoms with Crippen molar-refractivity contribution >= 4 is 18.2 Å². The molecule has 112 valence electrons. The number of aromatic amines is 1. The number of piperidine rings is 1. The largest absolute Gasteiger partial charge is 0.338 e. The Morgan fingerprint density at radius 2 is 1.95 bits per heavy atom. The minimum Gasteiger partial charge on any atom is -0.338 e. The predicted octanol–water partition coefficient (Wildman–Crippen LogP) is 4.21. The van der Waals surface area contributed by atoms with E-state index in [9.17, 15) is 0 Å². The van der Waals surface area contributed by atoms with E-state index in [1.54, 1.807) is 0 Å². The van der Waals surface area contributed by atoms with Crippen LogP contribution in [0.15, 0.2) is 0 Å². The standard InChI is InChI=1S/C15H26N4S/c1-2-7-12-8-5-6-11-18(12)14-16-17-15(20)19(14)13-9-3-4-10-13/h12-13H,2-11H2,1H3,(H,17,20). The highest BCUT2D eigenvalue weighted by Gasteiger charge is 2.29. The van der Waals surface area contributed by atoms with E-state index in [1.165, 1.54) is 57.8 Å². The van der Waals surface area contributed by atoms with E-state index in [0.29, 0.717) is 12.1 Å². The monoisotopic (exact) mass is 294 g/mol. The summed E-state index contributed by atoms with van der Waals surface area (Å²) in [5.74, 6) is 1.11. The van der Waals surface area contributed by atoms with Crippen LogP contribution in [0.2, 0.25) is 0 Å². The molecule has 1 N–H and O–H groups in total. The zero-order chi connectivity index (χ0) is 13.9. The van der Waals surface area contributed by atoms with Crippen molar-refractivity contribution in [2.75, 3.05) is 11.4 Å². The Kier molecular flexibility index (Phi) is 4.44. The van der Waals surface area contributed by atoms with Crippen LogP contribution in [0.3, 0.4) is 0 Å². The lowest BCUT2D eigenvalue weighted by atomic mass is 9.99. The maximum Gasteiger partial charge on any atom is 0.226 e. The number of aromatic nitrogens is 3. The van der Waals surface area contributed by atoms with E-state index in [-0.39, 0.29) is 0 Å². The van der Waals surface area contributed by atoms with Crippen molar-refractivity contribution in [2.24, 2.45) is 0 Å². The third-order valence-corrected chi connectivity index (χ3v) is 5.17. The number of anilines is 1. The molecule has 1 saturated heterocycles. The van der Waals surface area contributed by atoms with Gasteiger partial charge in [0.05, 0.1) is 0 Å². The fourth-order valence-corrected chi connectivity index (χ4v) is 4.16. The Morgan fingerprint density at radius 3 is 2.70 bits per heavy atom. The second kappa shape index (κ2) is 6.29. The molecule has 1 aliphatic carbocycles. The van der Waals surface area contributed by atoms with E-state index in [2.05, 4.69) is 26.6 Å². The van der Waals surface area contributed by atoms with Gasteiger partial charge in [-0.05, 0) is 50.7 Å². The molecule has 1 saturated carbocycles. The zero-order valence-electron chi connectivity index (χ0n) is 12.5.